The number of ether oxygens (including phenoxy) is 4. The van der Waals surface area contributed by atoms with Crippen LogP contribution in [0.5, 0.6) is 17.2 Å². The first-order valence-electron chi connectivity index (χ1n) is 12.8. The van der Waals surface area contributed by atoms with Crippen LogP contribution in [0.1, 0.15) is 36.0 Å². The summed E-state index contributed by atoms with van der Waals surface area (Å²) in [6.07, 6.45) is 3.08. The third-order valence-electron chi connectivity index (χ3n) is 7.20. The van der Waals surface area contributed by atoms with Crippen LogP contribution in [0.25, 0.3) is 5.76 Å². The second kappa shape index (κ2) is 11.5. The van der Waals surface area contributed by atoms with Crippen molar-refractivity contribution in [3.8, 4) is 17.2 Å². The highest BCUT2D eigenvalue weighted by molar-refractivity contribution is 5.81. The monoisotopic (exact) mass is 499 g/mol. The summed E-state index contributed by atoms with van der Waals surface area (Å²) in [4.78, 5) is 15.3. The second-order valence-corrected chi connectivity index (χ2v) is 9.65. The molecule has 0 radical (unpaired) electrons. The molecule has 37 heavy (non-hydrogen) atoms. The minimum Gasteiger partial charge on any atom is -0.493 e. The summed E-state index contributed by atoms with van der Waals surface area (Å²) in [6, 6.07) is 23.5. The van der Waals surface area contributed by atoms with Gasteiger partial charge in [-0.25, -0.2) is 4.79 Å². The summed E-state index contributed by atoms with van der Waals surface area (Å²) in [7, 11) is 3.24. The van der Waals surface area contributed by atoms with Gasteiger partial charge in [0, 0.05) is 12.1 Å². The Morgan fingerprint density at radius 2 is 1.51 bits per heavy atom. The van der Waals surface area contributed by atoms with Crippen LogP contribution in [0.15, 0.2) is 78.4 Å². The van der Waals surface area contributed by atoms with Crippen LogP contribution in [0.2, 0.25) is 0 Å². The van der Waals surface area contributed by atoms with Crippen molar-refractivity contribution in [2.24, 2.45) is 5.92 Å². The number of fused-ring (bicyclic) bond motifs is 1. The molecule has 1 aliphatic carbocycles. The molecule has 0 saturated carbocycles. The van der Waals surface area contributed by atoms with E-state index in [0.717, 1.165) is 55.6 Å². The molecule has 1 saturated heterocycles. The van der Waals surface area contributed by atoms with Crippen LogP contribution < -0.4 is 14.2 Å². The maximum atomic E-state index is 12.8. The summed E-state index contributed by atoms with van der Waals surface area (Å²) in [6.45, 7) is 3.11. The molecule has 0 atom stereocenters. The molecular weight excluding hydrogens is 466 g/mol. The molecule has 1 fully saturated rings. The van der Waals surface area contributed by atoms with Crippen molar-refractivity contribution < 1.29 is 23.7 Å². The molecule has 5 rings (SSSR count). The topological polar surface area (TPSA) is 57.2 Å². The first-order chi connectivity index (χ1) is 18.1. The fourth-order valence-corrected chi connectivity index (χ4v) is 5.30. The van der Waals surface area contributed by atoms with E-state index in [1.807, 2.05) is 30.3 Å². The van der Waals surface area contributed by atoms with Gasteiger partial charge in [0.05, 0.1) is 14.2 Å². The van der Waals surface area contributed by atoms with Crippen LogP contribution in [0.4, 0.5) is 4.79 Å². The number of carbonyl (C=O) groups is 1. The van der Waals surface area contributed by atoms with Gasteiger partial charge in [-0.05, 0) is 85.7 Å². The first-order valence-corrected chi connectivity index (χ1v) is 12.8. The molecule has 0 unspecified atom stereocenters. The van der Waals surface area contributed by atoms with Gasteiger partial charge in [-0.15, -0.1) is 0 Å². The number of para-hydroxylation sites is 1. The average Bonchev–Trinajstić information content (AvgIpc) is 3.25. The maximum Gasteiger partial charge on any atom is 0.519 e. The summed E-state index contributed by atoms with van der Waals surface area (Å²) in [5, 5.41) is 0. The van der Waals surface area contributed by atoms with E-state index in [-0.39, 0.29) is 0 Å². The molecule has 2 aliphatic rings. The highest BCUT2D eigenvalue weighted by atomic mass is 16.7. The van der Waals surface area contributed by atoms with Crippen molar-refractivity contribution in [1.82, 2.24) is 4.90 Å². The Hall–Kier alpha value is -3.77. The van der Waals surface area contributed by atoms with Crippen LogP contribution in [-0.2, 0) is 17.7 Å². The molecule has 192 valence electrons. The number of rotatable bonds is 8. The molecule has 3 aromatic rings. The minimum absolute atomic E-state index is 0.450. The van der Waals surface area contributed by atoms with Crippen LogP contribution in [-0.4, -0.2) is 38.4 Å². The summed E-state index contributed by atoms with van der Waals surface area (Å²) in [5.41, 5.74) is 4.40. The molecule has 0 bridgehead atoms. The smallest absolute Gasteiger partial charge is 0.493 e. The molecule has 1 heterocycles. The fourth-order valence-electron chi connectivity index (χ4n) is 5.30. The first kappa shape index (κ1) is 24.9. The Morgan fingerprint density at radius 3 is 2.19 bits per heavy atom. The van der Waals surface area contributed by atoms with Crippen LogP contribution >= 0.6 is 0 Å². The van der Waals surface area contributed by atoms with E-state index in [4.69, 9.17) is 18.9 Å². The largest absolute Gasteiger partial charge is 0.519 e. The zero-order chi connectivity index (χ0) is 25.6. The van der Waals surface area contributed by atoms with E-state index in [2.05, 4.69) is 35.2 Å². The predicted molar refractivity (Wildman–Crippen MR) is 143 cm³/mol. The van der Waals surface area contributed by atoms with E-state index >= 15 is 0 Å². The number of benzene rings is 3. The van der Waals surface area contributed by atoms with Crippen LogP contribution in [0, 0.1) is 5.92 Å². The predicted octanol–water partition coefficient (Wildman–Crippen LogP) is 6.49. The number of hydrogen-bond acceptors (Lipinski definition) is 6. The molecule has 6 nitrogen and oxygen atoms in total. The van der Waals surface area contributed by atoms with Crippen molar-refractivity contribution in [3.63, 3.8) is 0 Å². The van der Waals surface area contributed by atoms with E-state index in [1.165, 1.54) is 5.56 Å². The Morgan fingerprint density at radius 1 is 0.865 bits per heavy atom. The van der Waals surface area contributed by atoms with Crippen molar-refractivity contribution in [1.29, 1.82) is 0 Å². The maximum absolute atomic E-state index is 12.8. The average molecular weight is 500 g/mol. The molecular formula is C31H33NO5. The Balaban J connectivity index is 1.31. The van der Waals surface area contributed by atoms with E-state index < -0.39 is 6.16 Å². The van der Waals surface area contributed by atoms with Crippen molar-refractivity contribution in [3.05, 3.63) is 95.1 Å². The number of nitrogens with zero attached hydrogens (tertiary/aromatic N) is 1. The molecule has 6 heteroatoms. The van der Waals surface area contributed by atoms with Crippen molar-refractivity contribution >= 4 is 11.9 Å². The number of likely N-dealkylation sites (tertiary alicyclic amines) is 1. The van der Waals surface area contributed by atoms with Crippen LogP contribution in [0.3, 0.4) is 0 Å². The van der Waals surface area contributed by atoms with Gasteiger partial charge in [0.2, 0.25) is 0 Å². The molecule has 3 aromatic carbocycles. The van der Waals surface area contributed by atoms with Crippen molar-refractivity contribution in [2.75, 3.05) is 27.3 Å². The Kier molecular flexibility index (Phi) is 7.76. The summed E-state index contributed by atoms with van der Waals surface area (Å²) < 4.78 is 22.4. The van der Waals surface area contributed by atoms with Gasteiger partial charge in [-0.2, -0.15) is 0 Å². The minimum atomic E-state index is -0.737. The quantitative estimate of drug-likeness (QED) is 0.261. The molecule has 0 aromatic heterocycles. The van der Waals surface area contributed by atoms with Gasteiger partial charge in [0.1, 0.15) is 11.5 Å². The number of methoxy groups -OCH3 is 2. The third kappa shape index (κ3) is 5.97. The summed E-state index contributed by atoms with van der Waals surface area (Å²) >= 11 is 0. The third-order valence-corrected chi connectivity index (χ3v) is 7.20. The second-order valence-electron chi connectivity index (χ2n) is 9.65. The lowest BCUT2D eigenvalue weighted by atomic mass is 9.89. The zero-order valence-electron chi connectivity index (χ0n) is 21.4. The lowest BCUT2D eigenvalue weighted by Gasteiger charge is -2.32. The number of piperidine rings is 1. The number of carbonyl (C=O) groups excluding carboxylic acids is 1. The molecule has 1 aliphatic heterocycles. The number of allylic oxidation sites excluding steroid dienone is 1. The highest BCUT2D eigenvalue weighted by Crippen LogP contribution is 2.43. The molecule has 0 N–H and O–H groups in total. The van der Waals surface area contributed by atoms with Crippen molar-refractivity contribution in [2.45, 2.75) is 32.2 Å². The molecule has 0 amide bonds. The zero-order valence-corrected chi connectivity index (χ0v) is 21.4. The normalized spacial score (nSPS) is 15.8. The van der Waals surface area contributed by atoms with Gasteiger partial charge in [0.25, 0.3) is 0 Å². The van der Waals surface area contributed by atoms with E-state index in [1.54, 1.807) is 26.4 Å². The van der Waals surface area contributed by atoms with Gasteiger partial charge < -0.3 is 18.9 Å². The standard InChI is InChI=1S/C31H33NO5/c1-34-28-19-24-18-25(17-22-13-15-32(16-14-22)21-23-9-5-3-6-10-23)30(27(24)20-29(28)35-2)37-31(33)36-26-11-7-4-8-12-26/h3-12,19-20,22H,13-18,21H2,1-2H3. The van der Waals surface area contributed by atoms with Gasteiger partial charge in [0.15, 0.2) is 11.5 Å². The SMILES string of the molecule is COc1cc2c(cc1OC)C(OC(=O)Oc1ccccc1)=C(CC1CCN(Cc3ccccc3)CC1)C2. The lowest BCUT2D eigenvalue weighted by Crippen LogP contribution is -2.33. The van der Waals surface area contributed by atoms with Gasteiger partial charge >= 0.3 is 6.16 Å². The highest BCUT2D eigenvalue weighted by Gasteiger charge is 2.30. The van der Waals surface area contributed by atoms with Gasteiger partial charge in [-0.1, -0.05) is 48.5 Å². The Bertz CT molecular complexity index is 1250. The van der Waals surface area contributed by atoms with E-state index in [9.17, 15) is 4.79 Å². The summed E-state index contributed by atoms with van der Waals surface area (Å²) in [5.74, 6) is 2.84. The number of hydrogen-bond donors (Lipinski definition) is 0. The van der Waals surface area contributed by atoms with E-state index in [0.29, 0.717) is 35.3 Å². The fraction of sp³-hybridized carbons (Fsp3) is 0.323. The van der Waals surface area contributed by atoms with Gasteiger partial charge in [-0.3, -0.25) is 4.90 Å². The Labute approximate surface area is 218 Å². The lowest BCUT2D eigenvalue weighted by molar-refractivity contribution is 0.141. The molecule has 0 spiro atoms.